The fraction of sp³-hybridized carbons (Fsp3) is 0.632. The lowest BCUT2D eigenvalue weighted by Crippen LogP contribution is -2.60. The molecule has 0 N–H and O–H groups in total. The first-order chi connectivity index (χ1) is 11.8. The zero-order chi connectivity index (χ0) is 18.0. The quantitative estimate of drug-likeness (QED) is 0.827. The molecule has 1 unspecified atom stereocenters. The van der Waals surface area contributed by atoms with Gasteiger partial charge in [0.1, 0.15) is 11.6 Å². The number of hydrogen-bond acceptors (Lipinski definition) is 4. The minimum Gasteiger partial charge on any atom is -0.444 e. The van der Waals surface area contributed by atoms with E-state index in [4.69, 9.17) is 4.74 Å². The van der Waals surface area contributed by atoms with Crippen molar-refractivity contribution in [2.24, 2.45) is 0 Å². The lowest BCUT2D eigenvalue weighted by Gasteiger charge is -2.43. The Morgan fingerprint density at radius 2 is 2.00 bits per heavy atom. The van der Waals surface area contributed by atoms with Gasteiger partial charge >= 0.3 is 6.09 Å². The summed E-state index contributed by atoms with van der Waals surface area (Å²) >= 11 is 0. The van der Waals surface area contributed by atoms with Gasteiger partial charge in [-0.2, -0.15) is 0 Å². The summed E-state index contributed by atoms with van der Waals surface area (Å²) in [6.07, 6.45) is 4.12. The minimum atomic E-state index is -0.546. The predicted octanol–water partition coefficient (Wildman–Crippen LogP) is 2.80. The molecule has 2 aliphatic heterocycles. The van der Waals surface area contributed by atoms with E-state index in [1.165, 1.54) is 0 Å². The van der Waals surface area contributed by atoms with E-state index in [1.54, 1.807) is 11.1 Å². The highest BCUT2D eigenvalue weighted by Crippen LogP contribution is 2.29. The molecule has 2 fully saturated rings. The predicted molar refractivity (Wildman–Crippen MR) is 94.1 cm³/mol. The van der Waals surface area contributed by atoms with E-state index in [0.717, 1.165) is 25.1 Å². The van der Waals surface area contributed by atoms with Crippen LogP contribution in [0.25, 0.3) is 0 Å². The number of rotatable bonds is 2. The van der Waals surface area contributed by atoms with E-state index < -0.39 is 11.7 Å². The summed E-state index contributed by atoms with van der Waals surface area (Å²) in [4.78, 5) is 33.0. The Kier molecular flexibility index (Phi) is 4.97. The molecule has 6 heteroatoms. The van der Waals surface area contributed by atoms with Crippen LogP contribution >= 0.6 is 0 Å². The van der Waals surface area contributed by atoms with Crippen molar-refractivity contribution in [3.63, 3.8) is 0 Å². The number of aromatic nitrogens is 1. The van der Waals surface area contributed by atoms with Gasteiger partial charge in [-0.25, -0.2) is 4.79 Å². The highest BCUT2D eigenvalue weighted by atomic mass is 16.6. The maximum Gasteiger partial charge on any atom is 0.410 e. The fourth-order valence-electron chi connectivity index (χ4n) is 3.43. The molecule has 0 spiro atoms. The Hall–Kier alpha value is -2.11. The van der Waals surface area contributed by atoms with Crippen LogP contribution in [0.2, 0.25) is 0 Å². The number of ether oxygens (including phenoxy) is 1. The molecule has 1 aromatic heterocycles. The largest absolute Gasteiger partial charge is 0.444 e. The number of piperidine rings is 1. The molecular formula is C19H27N3O3. The van der Waals surface area contributed by atoms with Gasteiger partial charge < -0.3 is 9.64 Å². The Morgan fingerprint density at radius 3 is 2.60 bits per heavy atom. The molecule has 2 saturated heterocycles. The molecule has 0 aromatic carbocycles. The molecule has 136 valence electrons. The maximum absolute atomic E-state index is 12.9. The van der Waals surface area contributed by atoms with Crippen molar-refractivity contribution >= 4 is 12.0 Å². The third-order valence-electron chi connectivity index (χ3n) is 4.77. The maximum atomic E-state index is 12.9. The SMILES string of the molecule is CC(C)(C)OC(=O)N1CC[C@@H]1C(=O)N1CCCC(c2ccccn2)C1. The minimum absolute atomic E-state index is 0.0396. The van der Waals surface area contributed by atoms with Gasteiger partial charge in [-0.15, -0.1) is 0 Å². The second-order valence-corrected chi connectivity index (χ2v) is 7.86. The van der Waals surface area contributed by atoms with Gasteiger partial charge in [0.2, 0.25) is 5.91 Å². The number of carbonyl (C=O) groups excluding carboxylic acids is 2. The number of carbonyl (C=O) groups is 2. The molecule has 0 radical (unpaired) electrons. The molecule has 2 atom stereocenters. The first-order valence-corrected chi connectivity index (χ1v) is 9.04. The molecular weight excluding hydrogens is 318 g/mol. The van der Waals surface area contributed by atoms with Crippen molar-refractivity contribution < 1.29 is 14.3 Å². The standard InChI is InChI=1S/C19H27N3O3/c1-19(2,3)25-18(24)22-12-9-16(22)17(23)21-11-6-7-14(13-21)15-8-4-5-10-20-15/h4-5,8,10,14,16H,6-7,9,11-13H2,1-3H3/t14?,16-/m1/s1. The lowest BCUT2D eigenvalue weighted by molar-refractivity contribution is -0.142. The van der Waals surface area contributed by atoms with Crippen LogP contribution in [-0.4, -0.2) is 58.1 Å². The number of nitrogens with zero attached hydrogens (tertiary/aromatic N) is 3. The average molecular weight is 345 g/mol. The molecule has 6 nitrogen and oxygen atoms in total. The van der Waals surface area contributed by atoms with E-state index in [-0.39, 0.29) is 17.9 Å². The van der Waals surface area contributed by atoms with E-state index in [1.807, 2.05) is 43.9 Å². The average Bonchev–Trinajstić information content (AvgIpc) is 2.53. The van der Waals surface area contributed by atoms with Crippen LogP contribution in [0.15, 0.2) is 24.4 Å². The molecule has 0 saturated carbocycles. The summed E-state index contributed by atoms with van der Waals surface area (Å²) in [5.41, 5.74) is 0.493. The first-order valence-electron chi connectivity index (χ1n) is 9.04. The summed E-state index contributed by atoms with van der Waals surface area (Å²) < 4.78 is 5.41. The second kappa shape index (κ2) is 7.02. The van der Waals surface area contributed by atoms with Crippen LogP contribution in [0.5, 0.6) is 0 Å². The number of amides is 2. The summed E-state index contributed by atoms with van der Waals surface area (Å²) in [5, 5.41) is 0. The Labute approximate surface area is 149 Å². The Balaban J connectivity index is 1.62. The van der Waals surface area contributed by atoms with Crippen LogP contribution in [0, 0.1) is 0 Å². The van der Waals surface area contributed by atoms with Gasteiger partial charge in [0, 0.05) is 37.4 Å². The van der Waals surface area contributed by atoms with Crippen LogP contribution < -0.4 is 0 Å². The van der Waals surface area contributed by atoms with Crippen LogP contribution in [0.4, 0.5) is 4.79 Å². The number of hydrogen-bond donors (Lipinski definition) is 0. The first kappa shape index (κ1) is 17.7. The molecule has 3 rings (SSSR count). The van der Waals surface area contributed by atoms with Crippen molar-refractivity contribution in [1.29, 1.82) is 0 Å². The molecule has 0 aliphatic carbocycles. The van der Waals surface area contributed by atoms with Crippen molar-refractivity contribution in [3.05, 3.63) is 30.1 Å². The van der Waals surface area contributed by atoms with Gasteiger partial charge in [0.05, 0.1) is 0 Å². The van der Waals surface area contributed by atoms with E-state index >= 15 is 0 Å². The normalized spacial score (nSPS) is 23.8. The third-order valence-corrected chi connectivity index (χ3v) is 4.77. The van der Waals surface area contributed by atoms with E-state index in [0.29, 0.717) is 19.5 Å². The molecule has 25 heavy (non-hydrogen) atoms. The number of likely N-dealkylation sites (tertiary alicyclic amines) is 2. The van der Waals surface area contributed by atoms with Crippen LogP contribution in [-0.2, 0) is 9.53 Å². The zero-order valence-electron chi connectivity index (χ0n) is 15.3. The molecule has 2 aliphatic rings. The third kappa shape index (κ3) is 4.11. The molecule has 0 bridgehead atoms. The second-order valence-electron chi connectivity index (χ2n) is 7.86. The van der Waals surface area contributed by atoms with Gasteiger partial charge in [0.15, 0.2) is 0 Å². The van der Waals surface area contributed by atoms with Gasteiger partial charge in [-0.3, -0.25) is 14.7 Å². The fourth-order valence-corrected chi connectivity index (χ4v) is 3.43. The van der Waals surface area contributed by atoms with Crippen molar-refractivity contribution in [2.45, 2.75) is 57.6 Å². The summed E-state index contributed by atoms with van der Waals surface area (Å²) in [7, 11) is 0. The molecule has 1 aromatic rings. The van der Waals surface area contributed by atoms with Gasteiger partial charge in [-0.05, 0) is 52.2 Å². The van der Waals surface area contributed by atoms with Crippen molar-refractivity contribution in [1.82, 2.24) is 14.8 Å². The summed E-state index contributed by atoms with van der Waals surface area (Å²) in [6.45, 7) is 7.52. The highest BCUT2D eigenvalue weighted by Gasteiger charge is 2.42. The van der Waals surface area contributed by atoms with Crippen molar-refractivity contribution in [2.75, 3.05) is 19.6 Å². The highest BCUT2D eigenvalue weighted by molar-refractivity contribution is 5.87. The van der Waals surface area contributed by atoms with Gasteiger partial charge in [0.25, 0.3) is 0 Å². The number of pyridine rings is 1. The Bertz CT molecular complexity index is 627. The smallest absolute Gasteiger partial charge is 0.410 e. The molecule has 3 heterocycles. The molecule has 2 amide bonds. The van der Waals surface area contributed by atoms with E-state index in [2.05, 4.69) is 4.98 Å². The zero-order valence-corrected chi connectivity index (χ0v) is 15.3. The van der Waals surface area contributed by atoms with Crippen molar-refractivity contribution in [3.8, 4) is 0 Å². The summed E-state index contributed by atoms with van der Waals surface area (Å²) in [6, 6.07) is 5.54. The van der Waals surface area contributed by atoms with Crippen LogP contribution in [0.1, 0.15) is 51.6 Å². The van der Waals surface area contributed by atoms with E-state index in [9.17, 15) is 9.59 Å². The lowest BCUT2D eigenvalue weighted by atomic mass is 9.92. The van der Waals surface area contributed by atoms with Crippen LogP contribution in [0.3, 0.4) is 0 Å². The Morgan fingerprint density at radius 1 is 1.20 bits per heavy atom. The monoisotopic (exact) mass is 345 g/mol. The topological polar surface area (TPSA) is 62.7 Å². The summed E-state index contributed by atoms with van der Waals surface area (Å²) in [5.74, 6) is 0.312. The van der Waals surface area contributed by atoms with Gasteiger partial charge in [-0.1, -0.05) is 6.07 Å².